The number of ether oxygens (including phenoxy) is 3. The van der Waals surface area contributed by atoms with Gasteiger partial charge in [0.1, 0.15) is 0 Å². The van der Waals surface area contributed by atoms with Crippen LogP contribution in [0.15, 0.2) is 0 Å². The summed E-state index contributed by atoms with van der Waals surface area (Å²) in [6.45, 7) is 8.65. The van der Waals surface area contributed by atoms with Crippen LogP contribution in [0.2, 0.25) is 0 Å². The molecule has 0 aromatic carbocycles. The molecule has 4 nitrogen and oxygen atoms in total. The lowest BCUT2D eigenvalue weighted by Gasteiger charge is -2.32. The van der Waals surface area contributed by atoms with Crippen LogP contribution in [0.3, 0.4) is 0 Å². The zero-order valence-corrected chi connectivity index (χ0v) is 15.9. The molecule has 0 saturated carbocycles. The summed E-state index contributed by atoms with van der Waals surface area (Å²) in [5, 5.41) is 0. The zero-order valence-electron chi connectivity index (χ0n) is 15.9. The Bertz CT molecular complexity index is 220. The molecule has 0 atom stereocenters. The smallest absolute Gasteiger partial charge is 0.282 e. The first kappa shape index (κ1) is 22.8. The molecule has 0 unspecified atom stereocenters. The van der Waals surface area contributed by atoms with Crippen molar-refractivity contribution in [1.82, 2.24) is 0 Å². The largest absolute Gasteiger partial charge is 0.330 e. The van der Waals surface area contributed by atoms with E-state index in [-0.39, 0.29) is 0 Å². The van der Waals surface area contributed by atoms with Gasteiger partial charge < -0.3 is 19.9 Å². The summed E-state index contributed by atoms with van der Waals surface area (Å²) in [6, 6.07) is 0. The molecule has 23 heavy (non-hydrogen) atoms. The Kier molecular flexibility index (Phi) is 16.6. The number of hydrogen-bond acceptors (Lipinski definition) is 4. The Hall–Kier alpha value is -0.160. The van der Waals surface area contributed by atoms with Crippen molar-refractivity contribution in [2.45, 2.75) is 97.4 Å². The molecule has 0 aliphatic heterocycles. The summed E-state index contributed by atoms with van der Waals surface area (Å²) in [5.41, 5.74) is 5.50. The summed E-state index contributed by atoms with van der Waals surface area (Å²) >= 11 is 0. The standard InChI is InChI=1S/C19H41NO3/c1-4-21-19(22-5-2,23-6-3)17-15-13-11-9-7-8-10-12-14-16-18-20/h4-18,20H2,1-3H3. The normalized spacial score (nSPS) is 12.0. The first-order valence-corrected chi connectivity index (χ1v) is 9.86. The highest BCUT2D eigenvalue weighted by Gasteiger charge is 2.31. The van der Waals surface area contributed by atoms with Crippen LogP contribution in [-0.4, -0.2) is 32.3 Å². The number of rotatable bonds is 18. The fourth-order valence-electron chi connectivity index (χ4n) is 2.90. The first-order chi connectivity index (χ1) is 11.2. The summed E-state index contributed by atoms with van der Waals surface area (Å²) in [4.78, 5) is 0. The van der Waals surface area contributed by atoms with Crippen LogP contribution in [-0.2, 0) is 14.2 Å². The third kappa shape index (κ3) is 12.9. The second kappa shape index (κ2) is 16.7. The van der Waals surface area contributed by atoms with E-state index in [4.69, 9.17) is 19.9 Å². The van der Waals surface area contributed by atoms with Crippen molar-refractivity contribution in [2.75, 3.05) is 26.4 Å². The highest BCUT2D eigenvalue weighted by Crippen LogP contribution is 2.24. The van der Waals surface area contributed by atoms with Gasteiger partial charge in [0.15, 0.2) is 0 Å². The van der Waals surface area contributed by atoms with E-state index in [0.29, 0.717) is 19.8 Å². The Labute approximate surface area is 144 Å². The van der Waals surface area contributed by atoms with Crippen molar-refractivity contribution in [3.05, 3.63) is 0 Å². The lowest BCUT2D eigenvalue weighted by atomic mass is 10.1. The molecule has 0 aromatic heterocycles. The second-order valence-electron chi connectivity index (χ2n) is 6.06. The highest BCUT2D eigenvalue weighted by atomic mass is 16.9. The van der Waals surface area contributed by atoms with Gasteiger partial charge in [0.2, 0.25) is 0 Å². The van der Waals surface area contributed by atoms with E-state index in [1.54, 1.807) is 0 Å². The van der Waals surface area contributed by atoms with Crippen molar-refractivity contribution in [3.8, 4) is 0 Å². The minimum absolute atomic E-state index is 0.615. The second-order valence-corrected chi connectivity index (χ2v) is 6.06. The van der Waals surface area contributed by atoms with Gasteiger partial charge in [-0.25, -0.2) is 0 Å². The predicted octanol–water partition coefficient (Wildman–Crippen LogP) is 5.00. The third-order valence-electron chi connectivity index (χ3n) is 4.03. The molecule has 0 amide bonds. The van der Waals surface area contributed by atoms with Crippen LogP contribution in [0.25, 0.3) is 0 Å². The number of unbranched alkanes of at least 4 members (excludes halogenated alkanes) is 9. The molecule has 0 aliphatic rings. The molecule has 0 bridgehead atoms. The molecular formula is C19H41NO3. The number of hydrogen-bond donors (Lipinski definition) is 1. The number of nitrogens with two attached hydrogens (primary N) is 1. The maximum Gasteiger partial charge on any atom is 0.282 e. The Balaban J connectivity index is 3.65. The molecule has 0 aromatic rings. The molecule has 0 rings (SSSR count). The van der Waals surface area contributed by atoms with Crippen LogP contribution >= 0.6 is 0 Å². The van der Waals surface area contributed by atoms with Gasteiger partial charge in [0.05, 0.1) is 0 Å². The van der Waals surface area contributed by atoms with Crippen molar-refractivity contribution >= 4 is 0 Å². The van der Waals surface area contributed by atoms with Gasteiger partial charge in [0, 0.05) is 26.2 Å². The monoisotopic (exact) mass is 331 g/mol. The molecular weight excluding hydrogens is 290 g/mol. The zero-order chi connectivity index (χ0) is 17.2. The van der Waals surface area contributed by atoms with Gasteiger partial charge in [-0.05, 0) is 40.2 Å². The van der Waals surface area contributed by atoms with Crippen LogP contribution in [0.5, 0.6) is 0 Å². The fraction of sp³-hybridized carbons (Fsp3) is 1.00. The van der Waals surface area contributed by atoms with E-state index >= 15 is 0 Å². The average molecular weight is 332 g/mol. The van der Waals surface area contributed by atoms with Crippen LogP contribution in [0.1, 0.15) is 91.4 Å². The van der Waals surface area contributed by atoms with E-state index < -0.39 is 5.97 Å². The Morgan fingerprint density at radius 1 is 0.565 bits per heavy atom. The minimum atomic E-state index is -0.818. The molecule has 0 heterocycles. The first-order valence-electron chi connectivity index (χ1n) is 9.86. The lowest BCUT2D eigenvalue weighted by molar-refractivity contribution is -0.380. The maximum atomic E-state index is 5.75. The molecule has 0 saturated heterocycles. The maximum absolute atomic E-state index is 5.75. The molecule has 0 spiro atoms. The van der Waals surface area contributed by atoms with Crippen molar-refractivity contribution < 1.29 is 14.2 Å². The predicted molar refractivity (Wildman–Crippen MR) is 97.5 cm³/mol. The van der Waals surface area contributed by atoms with Crippen LogP contribution < -0.4 is 5.73 Å². The van der Waals surface area contributed by atoms with E-state index in [1.807, 2.05) is 20.8 Å². The Morgan fingerprint density at radius 2 is 0.913 bits per heavy atom. The minimum Gasteiger partial charge on any atom is -0.330 e. The van der Waals surface area contributed by atoms with Gasteiger partial charge in [-0.2, -0.15) is 0 Å². The fourth-order valence-corrected chi connectivity index (χ4v) is 2.90. The van der Waals surface area contributed by atoms with E-state index in [9.17, 15) is 0 Å². The van der Waals surface area contributed by atoms with Crippen LogP contribution in [0.4, 0.5) is 0 Å². The molecule has 0 radical (unpaired) electrons. The summed E-state index contributed by atoms with van der Waals surface area (Å²) < 4.78 is 17.2. The molecule has 0 fully saturated rings. The summed E-state index contributed by atoms with van der Waals surface area (Å²) in [6.07, 6.45) is 13.7. The Morgan fingerprint density at radius 3 is 1.26 bits per heavy atom. The SMILES string of the molecule is CCOC(CCCCCCCCCCCCN)(OCC)OCC. The van der Waals surface area contributed by atoms with E-state index in [0.717, 1.165) is 19.4 Å². The lowest BCUT2D eigenvalue weighted by Crippen LogP contribution is -2.39. The van der Waals surface area contributed by atoms with Gasteiger partial charge in [-0.1, -0.05) is 51.4 Å². The van der Waals surface area contributed by atoms with E-state index in [1.165, 1.54) is 57.8 Å². The summed E-state index contributed by atoms with van der Waals surface area (Å²) in [7, 11) is 0. The average Bonchev–Trinajstić information content (AvgIpc) is 2.53. The van der Waals surface area contributed by atoms with Gasteiger partial charge in [0.25, 0.3) is 5.97 Å². The molecule has 0 aliphatic carbocycles. The highest BCUT2D eigenvalue weighted by molar-refractivity contribution is 4.59. The third-order valence-corrected chi connectivity index (χ3v) is 4.03. The van der Waals surface area contributed by atoms with Crippen molar-refractivity contribution in [3.63, 3.8) is 0 Å². The summed E-state index contributed by atoms with van der Waals surface area (Å²) in [5.74, 6) is -0.818. The topological polar surface area (TPSA) is 53.7 Å². The quantitative estimate of drug-likeness (QED) is 0.284. The van der Waals surface area contributed by atoms with Gasteiger partial charge in [-0.3, -0.25) is 0 Å². The van der Waals surface area contributed by atoms with E-state index in [2.05, 4.69) is 0 Å². The van der Waals surface area contributed by atoms with Crippen LogP contribution in [0, 0.1) is 0 Å². The molecule has 4 heteroatoms. The van der Waals surface area contributed by atoms with Gasteiger partial charge >= 0.3 is 0 Å². The van der Waals surface area contributed by atoms with Gasteiger partial charge in [-0.15, -0.1) is 0 Å². The molecule has 2 N–H and O–H groups in total. The van der Waals surface area contributed by atoms with Crippen molar-refractivity contribution in [2.24, 2.45) is 5.73 Å². The molecule has 140 valence electrons. The van der Waals surface area contributed by atoms with Crippen molar-refractivity contribution in [1.29, 1.82) is 0 Å².